The molecule has 0 saturated heterocycles. The van der Waals surface area contributed by atoms with E-state index in [0.717, 1.165) is 24.0 Å². The molecule has 0 spiro atoms. The second-order valence-electron chi connectivity index (χ2n) is 9.00. The maximum absolute atomic E-state index is 13.6. The number of methoxy groups -OCH3 is 2. The van der Waals surface area contributed by atoms with Gasteiger partial charge in [0.1, 0.15) is 11.8 Å². The molecule has 1 N–H and O–H groups in total. The molecule has 1 atom stereocenters. The summed E-state index contributed by atoms with van der Waals surface area (Å²) < 4.78 is 17.1. The highest BCUT2D eigenvalue weighted by atomic mass is 32.1. The SMILES string of the molecule is COc1ccc(OC)c2c1CC1=C(O2)C(=O)N(C(CC2CCCCC2)C(=O)Nc2nccs2)C1. The minimum Gasteiger partial charge on any atom is -0.496 e. The van der Waals surface area contributed by atoms with Crippen LogP contribution in [0.4, 0.5) is 5.13 Å². The number of carbonyl (C=O) groups is 2. The number of amides is 2. The summed E-state index contributed by atoms with van der Waals surface area (Å²) >= 11 is 1.37. The normalized spacial score (nSPS) is 18.8. The third-order valence-corrected chi connectivity index (χ3v) is 7.66. The Bertz CT molecular complexity index is 1110. The predicted molar refractivity (Wildman–Crippen MR) is 128 cm³/mol. The molecule has 0 bridgehead atoms. The van der Waals surface area contributed by atoms with Crippen LogP contribution in [0, 0.1) is 5.92 Å². The van der Waals surface area contributed by atoms with Crippen LogP contribution >= 0.6 is 11.3 Å². The number of nitrogens with zero attached hydrogens (tertiary/aromatic N) is 2. The van der Waals surface area contributed by atoms with E-state index in [1.54, 1.807) is 31.4 Å². The predicted octanol–water partition coefficient (Wildman–Crippen LogP) is 4.17. The first-order valence-corrected chi connectivity index (χ1v) is 12.6. The van der Waals surface area contributed by atoms with E-state index in [1.807, 2.05) is 11.4 Å². The van der Waals surface area contributed by atoms with Crippen molar-refractivity contribution in [2.75, 3.05) is 26.1 Å². The number of anilines is 1. The molecular weight excluding hydrogens is 454 g/mol. The Morgan fingerprint density at radius 3 is 2.71 bits per heavy atom. The molecule has 8 nitrogen and oxygen atoms in total. The number of aromatic nitrogens is 1. The van der Waals surface area contributed by atoms with Crippen molar-refractivity contribution in [1.82, 2.24) is 9.88 Å². The first-order chi connectivity index (χ1) is 16.6. The standard InChI is InChI=1S/C25H29N3O5S/c1-31-19-8-9-20(32-2)22-17(19)13-16-14-28(24(30)21(16)33-22)18(12-15-6-4-3-5-7-15)23(29)27-25-26-10-11-34-25/h8-11,15,18H,3-7,12-14H2,1-2H3,(H,26,27,29). The zero-order chi connectivity index (χ0) is 23.7. The number of nitrogens with one attached hydrogen (secondary N) is 1. The summed E-state index contributed by atoms with van der Waals surface area (Å²) in [5, 5.41) is 5.28. The quantitative estimate of drug-likeness (QED) is 0.636. The van der Waals surface area contributed by atoms with Crippen molar-refractivity contribution >= 4 is 28.3 Å². The lowest BCUT2D eigenvalue weighted by Gasteiger charge is -2.31. The van der Waals surface area contributed by atoms with Crippen LogP contribution in [0.2, 0.25) is 0 Å². The number of fused-ring (bicyclic) bond motifs is 1. The molecule has 2 aromatic rings. The van der Waals surface area contributed by atoms with Gasteiger partial charge in [-0.05, 0) is 24.5 Å². The van der Waals surface area contributed by atoms with Gasteiger partial charge in [0.05, 0.1) is 14.2 Å². The first-order valence-electron chi connectivity index (χ1n) is 11.7. The van der Waals surface area contributed by atoms with E-state index in [4.69, 9.17) is 14.2 Å². The van der Waals surface area contributed by atoms with Gasteiger partial charge < -0.3 is 24.4 Å². The third kappa shape index (κ3) is 4.24. The number of hydrogen-bond donors (Lipinski definition) is 1. The first kappa shape index (κ1) is 22.7. The van der Waals surface area contributed by atoms with Gasteiger partial charge in [-0.2, -0.15) is 0 Å². The van der Waals surface area contributed by atoms with Crippen LogP contribution in [0.5, 0.6) is 17.2 Å². The number of benzene rings is 1. The van der Waals surface area contributed by atoms with Crippen LogP contribution in [-0.2, 0) is 16.0 Å². The molecular formula is C25H29N3O5S. The van der Waals surface area contributed by atoms with Crippen molar-refractivity contribution in [3.8, 4) is 17.2 Å². The highest BCUT2D eigenvalue weighted by molar-refractivity contribution is 7.13. The van der Waals surface area contributed by atoms with Crippen LogP contribution in [0.15, 0.2) is 35.0 Å². The average Bonchev–Trinajstić information content (AvgIpc) is 3.49. The van der Waals surface area contributed by atoms with Gasteiger partial charge in [-0.25, -0.2) is 4.98 Å². The third-order valence-electron chi connectivity index (χ3n) is 6.98. The van der Waals surface area contributed by atoms with Gasteiger partial charge in [-0.15, -0.1) is 11.3 Å². The lowest BCUT2D eigenvalue weighted by molar-refractivity contribution is -0.135. The molecule has 3 aliphatic rings. The molecule has 1 aromatic heterocycles. The van der Waals surface area contributed by atoms with Crippen molar-refractivity contribution in [3.63, 3.8) is 0 Å². The Labute approximate surface area is 202 Å². The summed E-state index contributed by atoms with van der Waals surface area (Å²) in [7, 11) is 3.18. The molecule has 9 heteroatoms. The van der Waals surface area contributed by atoms with E-state index in [-0.39, 0.29) is 11.8 Å². The Hall–Kier alpha value is -3.07. The van der Waals surface area contributed by atoms with Crippen LogP contribution in [0.1, 0.15) is 44.1 Å². The molecule has 1 aliphatic carbocycles. The van der Waals surface area contributed by atoms with Crippen LogP contribution in [-0.4, -0.2) is 48.5 Å². The van der Waals surface area contributed by atoms with Gasteiger partial charge in [-0.3, -0.25) is 9.59 Å². The Kier molecular flexibility index (Phi) is 6.45. The van der Waals surface area contributed by atoms with Crippen LogP contribution in [0.3, 0.4) is 0 Å². The summed E-state index contributed by atoms with van der Waals surface area (Å²) in [4.78, 5) is 32.8. The smallest absolute Gasteiger partial charge is 0.290 e. The number of carbonyl (C=O) groups excluding carboxylic acids is 2. The van der Waals surface area contributed by atoms with Crippen molar-refractivity contribution < 1.29 is 23.8 Å². The topological polar surface area (TPSA) is 90.0 Å². The van der Waals surface area contributed by atoms with Crippen molar-refractivity contribution in [1.29, 1.82) is 0 Å². The Morgan fingerprint density at radius 2 is 2.00 bits per heavy atom. The van der Waals surface area contributed by atoms with Crippen molar-refractivity contribution in [2.45, 2.75) is 51.0 Å². The summed E-state index contributed by atoms with van der Waals surface area (Å²) in [6.07, 6.45) is 8.57. The van der Waals surface area contributed by atoms with Gasteiger partial charge in [0.25, 0.3) is 5.91 Å². The monoisotopic (exact) mass is 483 g/mol. The van der Waals surface area contributed by atoms with Gasteiger partial charge in [0, 0.05) is 35.7 Å². The molecule has 34 heavy (non-hydrogen) atoms. The summed E-state index contributed by atoms with van der Waals surface area (Å²) in [6, 6.07) is 3.03. The second-order valence-corrected chi connectivity index (χ2v) is 9.90. The molecule has 5 rings (SSSR count). The van der Waals surface area contributed by atoms with Crippen LogP contribution in [0.25, 0.3) is 0 Å². The number of thiazole rings is 1. The van der Waals surface area contributed by atoms with Crippen molar-refractivity contribution in [2.24, 2.45) is 5.92 Å². The van der Waals surface area contributed by atoms with Gasteiger partial charge in [-0.1, -0.05) is 32.1 Å². The molecule has 2 amide bonds. The van der Waals surface area contributed by atoms with Crippen molar-refractivity contribution in [3.05, 3.63) is 40.6 Å². The highest BCUT2D eigenvalue weighted by Crippen LogP contribution is 2.45. The fourth-order valence-corrected chi connectivity index (χ4v) is 5.79. The molecule has 180 valence electrons. The zero-order valence-electron chi connectivity index (χ0n) is 19.5. The summed E-state index contributed by atoms with van der Waals surface area (Å²) in [6.45, 7) is 0.358. The van der Waals surface area contributed by atoms with E-state index < -0.39 is 6.04 Å². The average molecular weight is 484 g/mol. The summed E-state index contributed by atoms with van der Waals surface area (Å²) in [5.74, 6) is 2.02. The maximum atomic E-state index is 13.6. The second kappa shape index (κ2) is 9.66. The van der Waals surface area contributed by atoms with E-state index in [2.05, 4.69) is 10.3 Å². The van der Waals surface area contributed by atoms with E-state index in [1.165, 1.54) is 30.6 Å². The van der Waals surface area contributed by atoms with E-state index >= 15 is 0 Å². The molecule has 1 aromatic carbocycles. The molecule has 3 heterocycles. The molecule has 1 fully saturated rings. The lowest BCUT2D eigenvalue weighted by atomic mass is 9.84. The Morgan fingerprint density at radius 1 is 1.24 bits per heavy atom. The van der Waals surface area contributed by atoms with E-state index in [0.29, 0.717) is 53.4 Å². The minimum atomic E-state index is -0.583. The molecule has 0 radical (unpaired) electrons. The number of hydrogen-bond acceptors (Lipinski definition) is 7. The largest absolute Gasteiger partial charge is 0.496 e. The van der Waals surface area contributed by atoms with Crippen LogP contribution < -0.4 is 19.5 Å². The minimum absolute atomic E-state index is 0.193. The summed E-state index contributed by atoms with van der Waals surface area (Å²) in [5.41, 5.74) is 1.71. The number of rotatable bonds is 7. The molecule has 2 aliphatic heterocycles. The Balaban J connectivity index is 1.41. The van der Waals surface area contributed by atoms with Gasteiger partial charge >= 0.3 is 0 Å². The zero-order valence-corrected chi connectivity index (χ0v) is 20.3. The lowest BCUT2D eigenvalue weighted by Crippen LogP contribution is -2.47. The van der Waals surface area contributed by atoms with E-state index in [9.17, 15) is 9.59 Å². The maximum Gasteiger partial charge on any atom is 0.290 e. The number of ether oxygens (including phenoxy) is 3. The fourth-order valence-electron chi connectivity index (χ4n) is 5.26. The van der Waals surface area contributed by atoms with Gasteiger partial charge in [0.2, 0.25) is 5.91 Å². The fraction of sp³-hybridized carbons (Fsp3) is 0.480. The van der Waals surface area contributed by atoms with Gasteiger partial charge in [0.15, 0.2) is 22.4 Å². The molecule has 1 unspecified atom stereocenters. The molecule has 1 saturated carbocycles. The highest BCUT2D eigenvalue weighted by Gasteiger charge is 2.43.